The summed E-state index contributed by atoms with van der Waals surface area (Å²) < 4.78 is 25.5. The second kappa shape index (κ2) is 3.56. The van der Waals surface area contributed by atoms with Gasteiger partial charge in [-0.2, -0.15) is 0 Å². The summed E-state index contributed by atoms with van der Waals surface area (Å²) >= 11 is 3.33. The van der Waals surface area contributed by atoms with Crippen molar-refractivity contribution >= 4 is 25.8 Å². The molecule has 1 aromatic carbocycles. The first-order chi connectivity index (χ1) is 7.96. The molecule has 2 aliphatic rings. The standard InChI is InChI=1S/C12H14BrNO2S/c13-8-2-3-9-10(14)7-12(4-1-5-12)17(15,16)11(9)6-8/h2-3,6,10H,1,4-5,7,14H2. The zero-order chi connectivity index (χ0) is 12.3. The number of halogens is 1. The fourth-order valence-electron chi connectivity index (χ4n) is 2.94. The molecule has 3 nitrogen and oxygen atoms in total. The van der Waals surface area contributed by atoms with Gasteiger partial charge < -0.3 is 5.73 Å². The molecule has 3 rings (SSSR count). The molecule has 92 valence electrons. The van der Waals surface area contributed by atoms with Crippen LogP contribution in [0.25, 0.3) is 0 Å². The van der Waals surface area contributed by atoms with Gasteiger partial charge in [0.2, 0.25) is 0 Å². The van der Waals surface area contributed by atoms with Crippen molar-refractivity contribution in [2.75, 3.05) is 0 Å². The Morgan fingerprint density at radius 3 is 2.65 bits per heavy atom. The van der Waals surface area contributed by atoms with Crippen molar-refractivity contribution in [3.63, 3.8) is 0 Å². The smallest absolute Gasteiger partial charge is 0.184 e. The molecule has 0 amide bonds. The molecule has 17 heavy (non-hydrogen) atoms. The maximum Gasteiger partial charge on any atom is 0.184 e. The van der Waals surface area contributed by atoms with Crippen LogP contribution in [-0.2, 0) is 9.84 Å². The van der Waals surface area contributed by atoms with Crippen molar-refractivity contribution in [1.82, 2.24) is 0 Å². The van der Waals surface area contributed by atoms with Gasteiger partial charge in [0, 0.05) is 10.5 Å². The quantitative estimate of drug-likeness (QED) is 0.800. The van der Waals surface area contributed by atoms with Crippen LogP contribution in [0, 0.1) is 0 Å². The van der Waals surface area contributed by atoms with Crippen molar-refractivity contribution in [3.8, 4) is 0 Å². The molecule has 2 N–H and O–H groups in total. The van der Waals surface area contributed by atoms with Gasteiger partial charge in [0.15, 0.2) is 9.84 Å². The molecule has 1 spiro atoms. The fourth-order valence-corrected chi connectivity index (χ4v) is 5.96. The molecule has 0 radical (unpaired) electrons. The van der Waals surface area contributed by atoms with Crippen LogP contribution < -0.4 is 5.73 Å². The van der Waals surface area contributed by atoms with Gasteiger partial charge in [-0.05, 0) is 37.0 Å². The van der Waals surface area contributed by atoms with E-state index in [0.717, 1.165) is 29.3 Å². The van der Waals surface area contributed by atoms with Gasteiger partial charge in [-0.1, -0.05) is 28.4 Å². The first-order valence-corrected chi connectivity index (χ1v) is 8.04. The van der Waals surface area contributed by atoms with Gasteiger partial charge in [0.05, 0.1) is 9.64 Å². The van der Waals surface area contributed by atoms with Gasteiger partial charge in [-0.15, -0.1) is 0 Å². The number of hydrogen-bond donors (Lipinski definition) is 1. The van der Waals surface area contributed by atoms with Crippen molar-refractivity contribution in [3.05, 3.63) is 28.2 Å². The topological polar surface area (TPSA) is 60.2 Å². The zero-order valence-electron chi connectivity index (χ0n) is 9.32. The molecule has 1 aliphatic heterocycles. The van der Waals surface area contributed by atoms with Crippen LogP contribution in [0.3, 0.4) is 0 Å². The minimum absolute atomic E-state index is 0.151. The highest BCUT2D eigenvalue weighted by molar-refractivity contribution is 9.10. The Hall–Kier alpha value is -0.390. The minimum Gasteiger partial charge on any atom is -0.324 e. The van der Waals surface area contributed by atoms with E-state index >= 15 is 0 Å². The van der Waals surface area contributed by atoms with Crippen LogP contribution in [0.1, 0.15) is 37.3 Å². The third-order valence-corrected chi connectivity index (χ3v) is 7.23. The molecule has 1 fully saturated rings. The number of rotatable bonds is 0. The maximum atomic E-state index is 12.6. The molecular formula is C12H14BrNO2S. The maximum absolute atomic E-state index is 12.6. The molecule has 0 aromatic heterocycles. The summed E-state index contributed by atoms with van der Waals surface area (Å²) in [6.07, 6.45) is 3.09. The zero-order valence-corrected chi connectivity index (χ0v) is 11.7. The third kappa shape index (κ3) is 1.45. The molecule has 5 heteroatoms. The predicted molar refractivity (Wildman–Crippen MR) is 69.5 cm³/mol. The highest BCUT2D eigenvalue weighted by Crippen LogP contribution is 2.52. The van der Waals surface area contributed by atoms with E-state index in [1.165, 1.54) is 0 Å². The van der Waals surface area contributed by atoms with Crippen molar-refractivity contribution in [2.45, 2.75) is 41.4 Å². The molecule has 1 atom stereocenters. The van der Waals surface area contributed by atoms with E-state index in [-0.39, 0.29) is 6.04 Å². The molecule has 0 saturated heterocycles. The Labute approximate surface area is 109 Å². The van der Waals surface area contributed by atoms with E-state index in [0.29, 0.717) is 11.3 Å². The number of fused-ring (bicyclic) bond motifs is 1. The summed E-state index contributed by atoms with van der Waals surface area (Å²) in [5.41, 5.74) is 6.89. The van der Waals surface area contributed by atoms with Gasteiger partial charge in [-0.3, -0.25) is 0 Å². The lowest BCUT2D eigenvalue weighted by Gasteiger charge is -2.46. The normalized spacial score (nSPS) is 28.5. The Morgan fingerprint density at radius 1 is 1.35 bits per heavy atom. The van der Waals surface area contributed by atoms with Crippen molar-refractivity contribution in [2.24, 2.45) is 5.73 Å². The Kier molecular flexibility index (Phi) is 2.44. The van der Waals surface area contributed by atoms with E-state index in [9.17, 15) is 8.42 Å². The third-order valence-electron chi connectivity index (χ3n) is 4.09. The summed E-state index contributed by atoms with van der Waals surface area (Å²) in [6, 6.07) is 5.23. The molecule has 0 bridgehead atoms. The van der Waals surface area contributed by atoms with Gasteiger partial charge in [0.1, 0.15) is 0 Å². The van der Waals surface area contributed by atoms with E-state index < -0.39 is 14.6 Å². The van der Waals surface area contributed by atoms with Crippen LogP contribution >= 0.6 is 15.9 Å². The number of sulfone groups is 1. The molecule has 1 heterocycles. The van der Waals surface area contributed by atoms with Crippen LogP contribution in [0.2, 0.25) is 0 Å². The predicted octanol–water partition coefficient (Wildman–Crippen LogP) is 2.55. The van der Waals surface area contributed by atoms with Crippen LogP contribution in [-0.4, -0.2) is 13.2 Å². The summed E-state index contributed by atoms with van der Waals surface area (Å²) in [6.45, 7) is 0. The van der Waals surface area contributed by atoms with Crippen LogP contribution in [0.5, 0.6) is 0 Å². The summed E-state index contributed by atoms with van der Waals surface area (Å²) in [5.74, 6) is 0. The fraction of sp³-hybridized carbons (Fsp3) is 0.500. The first-order valence-electron chi connectivity index (χ1n) is 5.76. The largest absolute Gasteiger partial charge is 0.324 e. The summed E-state index contributed by atoms with van der Waals surface area (Å²) in [4.78, 5) is 0.435. The average Bonchev–Trinajstić information content (AvgIpc) is 2.21. The molecule has 1 aliphatic carbocycles. The highest BCUT2D eigenvalue weighted by Gasteiger charge is 2.53. The molecule has 1 saturated carbocycles. The second-order valence-corrected chi connectivity index (χ2v) is 8.26. The van der Waals surface area contributed by atoms with Crippen LogP contribution in [0.15, 0.2) is 27.6 Å². The van der Waals surface area contributed by atoms with Crippen molar-refractivity contribution in [1.29, 1.82) is 0 Å². The van der Waals surface area contributed by atoms with Crippen LogP contribution in [0.4, 0.5) is 0 Å². The Bertz CT molecular complexity index is 578. The first kappa shape index (κ1) is 11.7. The van der Waals surface area contributed by atoms with E-state index in [2.05, 4.69) is 15.9 Å². The number of nitrogens with two attached hydrogens (primary N) is 1. The van der Waals surface area contributed by atoms with E-state index in [4.69, 9.17) is 5.73 Å². The monoisotopic (exact) mass is 315 g/mol. The molecule has 1 unspecified atom stereocenters. The van der Waals surface area contributed by atoms with E-state index in [1.807, 2.05) is 12.1 Å². The Balaban J connectivity index is 2.26. The lowest BCUT2D eigenvalue weighted by Crippen LogP contribution is -2.50. The number of benzene rings is 1. The van der Waals surface area contributed by atoms with Gasteiger partial charge >= 0.3 is 0 Å². The highest BCUT2D eigenvalue weighted by atomic mass is 79.9. The summed E-state index contributed by atoms with van der Waals surface area (Å²) in [5, 5.41) is 0. The summed E-state index contributed by atoms with van der Waals surface area (Å²) in [7, 11) is -3.21. The molecular weight excluding hydrogens is 302 g/mol. The second-order valence-electron chi connectivity index (χ2n) is 5.03. The Morgan fingerprint density at radius 2 is 2.06 bits per heavy atom. The lowest BCUT2D eigenvalue weighted by atomic mass is 9.78. The molecule has 1 aromatic rings. The average molecular weight is 316 g/mol. The SMILES string of the molecule is NC1CC2(CCC2)S(=O)(=O)c2cc(Br)ccc21. The van der Waals surface area contributed by atoms with Gasteiger partial charge in [-0.25, -0.2) is 8.42 Å². The van der Waals surface area contributed by atoms with Gasteiger partial charge in [0.25, 0.3) is 0 Å². The van der Waals surface area contributed by atoms with E-state index in [1.54, 1.807) is 6.07 Å². The minimum atomic E-state index is -3.21. The number of hydrogen-bond acceptors (Lipinski definition) is 3. The van der Waals surface area contributed by atoms with Crippen molar-refractivity contribution < 1.29 is 8.42 Å². The lowest BCUT2D eigenvalue weighted by molar-refractivity contribution is 0.290.